The second-order valence-corrected chi connectivity index (χ2v) is 8.89. The molecule has 1 saturated heterocycles. The maximum atomic E-state index is 10.4. The summed E-state index contributed by atoms with van der Waals surface area (Å²) in [6.07, 6.45) is 0. The van der Waals surface area contributed by atoms with E-state index in [2.05, 4.69) is 39.2 Å². The molecule has 0 spiro atoms. The summed E-state index contributed by atoms with van der Waals surface area (Å²) in [6.45, 7) is 9.54. The fourth-order valence-corrected chi connectivity index (χ4v) is 4.07. The van der Waals surface area contributed by atoms with Gasteiger partial charge in [-0.1, -0.05) is 43.2 Å². The number of likely N-dealkylation sites (N-methyl/N-ethyl adjacent to an activating group) is 1. The molecule has 3 aromatic rings. The smallest absolute Gasteiger partial charge is 0.315 e. The van der Waals surface area contributed by atoms with Gasteiger partial charge in [0.1, 0.15) is 11.5 Å². The molecule has 1 fully saturated rings. The topological polar surface area (TPSA) is 97.9 Å². The van der Waals surface area contributed by atoms with E-state index in [9.17, 15) is 15.3 Å². The summed E-state index contributed by atoms with van der Waals surface area (Å²) in [6, 6.07) is 11.1. The first kappa shape index (κ1) is 22.1. The summed E-state index contributed by atoms with van der Waals surface area (Å²) in [7, 11) is 2.16. The molecular weight excluding hydrogens is 406 g/mol. The number of piperazine rings is 1. The molecule has 0 aliphatic carbocycles. The Hall–Kier alpha value is -3.10. The van der Waals surface area contributed by atoms with Crippen LogP contribution in [0.3, 0.4) is 0 Å². The highest BCUT2D eigenvalue weighted by Gasteiger charge is 2.20. The maximum absolute atomic E-state index is 10.4. The van der Waals surface area contributed by atoms with Crippen molar-refractivity contribution < 1.29 is 15.3 Å². The fourth-order valence-electron chi connectivity index (χ4n) is 4.07. The highest BCUT2D eigenvalue weighted by atomic mass is 16.3. The maximum Gasteiger partial charge on any atom is 0.315 e. The Labute approximate surface area is 188 Å². The summed E-state index contributed by atoms with van der Waals surface area (Å²) < 4.78 is 1.56. The zero-order valence-electron chi connectivity index (χ0n) is 18.9. The molecule has 8 nitrogen and oxygen atoms in total. The Morgan fingerprint density at radius 2 is 1.47 bits per heavy atom. The lowest BCUT2D eigenvalue weighted by atomic mass is 9.98. The molecule has 0 amide bonds. The number of nitrogens with zero attached hydrogens (tertiary/aromatic N) is 5. The second kappa shape index (κ2) is 9.18. The van der Waals surface area contributed by atoms with E-state index in [0.29, 0.717) is 23.5 Å². The van der Waals surface area contributed by atoms with Crippen LogP contribution in [0.5, 0.6) is 17.5 Å². The number of aromatic hydroxyl groups is 3. The second-order valence-electron chi connectivity index (χ2n) is 8.89. The fraction of sp³-hybridized carbons (Fsp3) is 0.417. The summed E-state index contributed by atoms with van der Waals surface area (Å²) >= 11 is 0. The largest absolute Gasteiger partial charge is 0.508 e. The number of hydrogen-bond acceptors (Lipinski definition) is 7. The molecule has 1 aliphatic rings. The van der Waals surface area contributed by atoms with Gasteiger partial charge in [0.05, 0.1) is 12.1 Å². The normalized spacial score (nSPS) is 15.5. The van der Waals surface area contributed by atoms with Gasteiger partial charge in [-0.2, -0.15) is 0 Å². The van der Waals surface area contributed by atoms with Crippen LogP contribution in [0.1, 0.15) is 36.5 Å². The van der Waals surface area contributed by atoms with Gasteiger partial charge < -0.3 is 20.2 Å². The standard InChI is InChI=1S/C24H31N5O3/c1-16(2)19-12-20(22(31)13-21(19)30)23-25-26-24(32)29(23)15-18-6-4-17(5-7-18)14-28-10-8-27(3)9-11-28/h4-7,12-13,16,30-31H,8-11,14-15H2,1-3H3,(H,26,32). The minimum atomic E-state index is -0.222. The van der Waals surface area contributed by atoms with E-state index in [-0.39, 0.29) is 23.4 Å². The van der Waals surface area contributed by atoms with Crippen LogP contribution in [0.4, 0.5) is 0 Å². The molecule has 170 valence electrons. The van der Waals surface area contributed by atoms with E-state index in [0.717, 1.165) is 38.3 Å². The van der Waals surface area contributed by atoms with Crippen LogP contribution in [-0.4, -0.2) is 73.1 Å². The third-order valence-corrected chi connectivity index (χ3v) is 6.10. The average Bonchev–Trinajstić information content (AvgIpc) is 3.11. The molecule has 0 unspecified atom stereocenters. The molecule has 1 aromatic heterocycles. The van der Waals surface area contributed by atoms with E-state index in [1.807, 2.05) is 26.0 Å². The Balaban J connectivity index is 1.54. The molecule has 4 rings (SSSR count). The molecule has 3 N–H and O–H groups in total. The first-order valence-corrected chi connectivity index (χ1v) is 11.0. The van der Waals surface area contributed by atoms with Crippen molar-refractivity contribution in [2.45, 2.75) is 32.9 Å². The summed E-state index contributed by atoms with van der Waals surface area (Å²) in [5.41, 5.74) is 3.36. The van der Waals surface area contributed by atoms with Crippen LogP contribution in [0.25, 0.3) is 11.4 Å². The van der Waals surface area contributed by atoms with Crippen LogP contribution in [0.2, 0.25) is 0 Å². The van der Waals surface area contributed by atoms with Crippen molar-refractivity contribution in [2.24, 2.45) is 0 Å². The monoisotopic (exact) mass is 437 g/mol. The van der Waals surface area contributed by atoms with Crippen LogP contribution in [0.15, 0.2) is 36.4 Å². The van der Waals surface area contributed by atoms with Crippen molar-refractivity contribution in [3.8, 4) is 28.9 Å². The number of aromatic nitrogens is 3. The molecule has 32 heavy (non-hydrogen) atoms. The molecule has 0 bridgehead atoms. The SMILES string of the molecule is CC(C)c1cc(-c2nnc(O)n2Cc2ccc(CN3CCN(C)CC3)cc2)c(O)cc1O. The molecule has 8 heteroatoms. The van der Waals surface area contributed by atoms with E-state index < -0.39 is 0 Å². The van der Waals surface area contributed by atoms with Crippen LogP contribution in [0, 0.1) is 0 Å². The van der Waals surface area contributed by atoms with Crippen LogP contribution < -0.4 is 0 Å². The molecule has 0 atom stereocenters. The lowest BCUT2D eigenvalue weighted by molar-refractivity contribution is 0.148. The van der Waals surface area contributed by atoms with Gasteiger partial charge in [0.2, 0.25) is 0 Å². The van der Waals surface area contributed by atoms with Crippen molar-refractivity contribution in [1.82, 2.24) is 24.6 Å². The van der Waals surface area contributed by atoms with Gasteiger partial charge in [-0.25, -0.2) is 0 Å². The lowest BCUT2D eigenvalue weighted by Gasteiger charge is -2.32. The number of rotatable bonds is 6. The first-order valence-electron chi connectivity index (χ1n) is 11.0. The third-order valence-electron chi connectivity index (χ3n) is 6.10. The lowest BCUT2D eigenvalue weighted by Crippen LogP contribution is -2.43. The van der Waals surface area contributed by atoms with Crippen molar-refractivity contribution >= 4 is 0 Å². The van der Waals surface area contributed by atoms with Gasteiger partial charge in [0.25, 0.3) is 0 Å². The zero-order valence-corrected chi connectivity index (χ0v) is 18.9. The Morgan fingerprint density at radius 3 is 2.09 bits per heavy atom. The predicted molar refractivity (Wildman–Crippen MR) is 123 cm³/mol. The zero-order chi connectivity index (χ0) is 22.8. The molecule has 2 heterocycles. The van der Waals surface area contributed by atoms with Crippen LogP contribution in [-0.2, 0) is 13.1 Å². The van der Waals surface area contributed by atoms with Gasteiger partial charge >= 0.3 is 6.01 Å². The molecule has 1 aliphatic heterocycles. The first-order chi connectivity index (χ1) is 15.3. The highest BCUT2D eigenvalue weighted by Crippen LogP contribution is 2.38. The van der Waals surface area contributed by atoms with Crippen molar-refractivity contribution in [3.05, 3.63) is 53.1 Å². The van der Waals surface area contributed by atoms with Gasteiger partial charge in [0, 0.05) is 38.8 Å². The van der Waals surface area contributed by atoms with Crippen molar-refractivity contribution in [3.63, 3.8) is 0 Å². The van der Waals surface area contributed by atoms with Crippen LogP contribution >= 0.6 is 0 Å². The molecule has 0 radical (unpaired) electrons. The van der Waals surface area contributed by atoms with Gasteiger partial charge in [-0.15, -0.1) is 5.10 Å². The van der Waals surface area contributed by atoms with E-state index >= 15 is 0 Å². The number of phenols is 2. The van der Waals surface area contributed by atoms with E-state index in [1.165, 1.54) is 11.6 Å². The van der Waals surface area contributed by atoms with Gasteiger partial charge in [0.15, 0.2) is 5.82 Å². The number of benzene rings is 2. The molecular formula is C24H31N5O3. The molecule has 2 aromatic carbocycles. The molecule has 0 saturated carbocycles. The van der Waals surface area contributed by atoms with Crippen molar-refractivity contribution in [1.29, 1.82) is 0 Å². The average molecular weight is 438 g/mol. The summed E-state index contributed by atoms with van der Waals surface area (Å²) in [4.78, 5) is 4.80. The minimum absolute atomic E-state index is 0.0347. The predicted octanol–water partition coefficient (Wildman–Crippen LogP) is 2.98. The summed E-state index contributed by atoms with van der Waals surface area (Å²) in [5.74, 6) is 0.339. The third kappa shape index (κ3) is 4.71. The number of hydrogen-bond donors (Lipinski definition) is 3. The minimum Gasteiger partial charge on any atom is -0.508 e. The van der Waals surface area contributed by atoms with Gasteiger partial charge in [-0.3, -0.25) is 9.47 Å². The quantitative estimate of drug-likeness (QED) is 0.545. The highest BCUT2D eigenvalue weighted by molar-refractivity contribution is 5.68. The van der Waals surface area contributed by atoms with E-state index in [4.69, 9.17) is 0 Å². The number of phenolic OH excluding ortho intramolecular Hbond substituents is 2. The Kier molecular flexibility index (Phi) is 6.34. The Morgan fingerprint density at radius 1 is 0.844 bits per heavy atom. The van der Waals surface area contributed by atoms with Crippen molar-refractivity contribution in [2.75, 3.05) is 33.2 Å². The Bertz CT molecular complexity index is 1070. The van der Waals surface area contributed by atoms with Gasteiger partial charge in [-0.05, 0) is 35.7 Å². The summed E-state index contributed by atoms with van der Waals surface area (Å²) in [5, 5.41) is 38.8. The van der Waals surface area contributed by atoms with E-state index in [1.54, 1.807) is 10.6 Å².